The number of anilines is 2. The lowest BCUT2D eigenvalue weighted by Gasteiger charge is -2.16. The molecule has 4 heteroatoms. The number of phenolic OH excluding ortho intramolecular Hbond substituents is 1. The molecule has 4 nitrogen and oxygen atoms in total. The number of aromatic hydroxyl groups is 1. The molecule has 0 spiro atoms. The van der Waals surface area contributed by atoms with Crippen LogP contribution >= 0.6 is 0 Å². The minimum atomic E-state index is 0.0103. The van der Waals surface area contributed by atoms with Gasteiger partial charge >= 0.3 is 0 Å². The van der Waals surface area contributed by atoms with E-state index in [1.165, 1.54) is 12.1 Å². The summed E-state index contributed by atoms with van der Waals surface area (Å²) < 4.78 is 0. The number of nitrogen functional groups attached to an aromatic ring is 1. The second-order valence-electron chi connectivity index (χ2n) is 4.54. The zero-order chi connectivity index (χ0) is 13.5. The van der Waals surface area contributed by atoms with Gasteiger partial charge in [-0.05, 0) is 25.0 Å². The highest BCUT2D eigenvalue weighted by Gasteiger charge is 2.17. The number of hydrogen-bond acceptors (Lipinski definition) is 3. The summed E-state index contributed by atoms with van der Waals surface area (Å²) in [5.41, 5.74) is 6.69. The Morgan fingerprint density at radius 3 is 2.44 bits per heavy atom. The maximum Gasteiger partial charge on any atom is 0.227 e. The zero-order valence-electron chi connectivity index (χ0n) is 11.1. The van der Waals surface area contributed by atoms with Gasteiger partial charge in [0.05, 0.1) is 11.4 Å². The van der Waals surface area contributed by atoms with Gasteiger partial charge in [-0.25, -0.2) is 0 Å². The number of benzene rings is 1. The Balaban J connectivity index is 2.72. The van der Waals surface area contributed by atoms with Gasteiger partial charge in [0.15, 0.2) is 0 Å². The van der Waals surface area contributed by atoms with Crippen molar-refractivity contribution < 1.29 is 9.90 Å². The van der Waals surface area contributed by atoms with E-state index in [-0.39, 0.29) is 17.6 Å². The van der Waals surface area contributed by atoms with Crippen LogP contribution < -0.4 is 11.1 Å². The maximum atomic E-state index is 12.1. The molecule has 0 bridgehead atoms. The van der Waals surface area contributed by atoms with Crippen LogP contribution in [-0.2, 0) is 4.79 Å². The average molecular weight is 250 g/mol. The Kier molecular flexibility index (Phi) is 5.49. The smallest absolute Gasteiger partial charge is 0.227 e. The number of amides is 1. The molecule has 0 fully saturated rings. The molecule has 0 aliphatic heterocycles. The Hall–Kier alpha value is -1.71. The molecule has 1 rings (SSSR count). The minimum Gasteiger partial charge on any atom is -0.508 e. The molecule has 0 saturated heterocycles. The summed E-state index contributed by atoms with van der Waals surface area (Å²) in [5, 5.41) is 12.1. The van der Waals surface area contributed by atoms with Crippen LogP contribution in [0.4, 0.5) is 11.4 Å². The summed E-state index contributed by atoms with van der Waals surface area (Å²) in [6.45, 7) is 4.15. The van der Waals surface area contributed by atoms with E-state index in [1.54, 1.807) is 6.07 Å². The average Bonchev–Trinajstić information content (AvgIpc) is 2.32. The van der Waals surface area contributed by atoms with Gasteiger partial charge in [-0.1, -0.05) is 26.7 Å². The van der Waals surface area contributed by atoms with Gasteiger partial charge in [-0.15, -0.1) is 0 Å². The molecular formula is C14H22N2O2. The normalized spacial score (nSPS) is 10.6. The van der Waals surface area contributed by atoms with E-state index in [2.05, 4.69) is 19.2 Å². The van der Waals surface area contributed by atoms with Gasteiger partial charge in [0.1, 0.15) is 5.75 Å². The van der Waals surface area contributed by atoms with Crippen LogP contribution in [0, 0.1) is 5.92 Å². The van der Waals surface area contributed by atoms with E-state index in [0.717, 1.165) is 25.7 Å². The molecule has 1 aromatic carbocycles. The number of hydrogen-bond donors (Lipinski definition) is 3. The molecule has 0 aromatic heterocycles. The van der Waals surface area contributed by atoms with Crippen molar-refractivity contribution in [2.45, 2.75) is 39.5 Å². The standard InChI is InChI=1S/C14H22N2O2/c1-3-5-10(6-4-2)14(18)16-13-8-7-11(17)9-12(13)15/h7-10,17H,3-6,15H2,1-2H3,(H,16,18). The fourth-order valence-corrected chi connectivity index (χ4v) is 2.00. The first-order valence-corrected chi connectivity index (χ1v) is 6.47. The number of carbonyl (C=O) groups excluding carboxylic acids is 1. The fourth-order valence-electron chi connectivity index (χ4n) is 2.00. The second-order valence-corrected chi connectivity index (χ2v) is 4.54. The highest BCUT2D eigenvalue weighted by atomic mass is 16.3. The third-order valence-corrected chi connectivity index (χ3v) is 2.94. The molecular weight excluding hydrogens is 228 g/mol. The van der Waals surface area contributed by atoms with Crippen molar-refractivity contribution in [2.75, 3.05) is 11.1 Å². The van der Waals surface area contributed by atoms with E-state index < -0.39 is 0 Å². The molecule has 0 unspecified atom stereocenters. The summed E-state index contributed by atoms with van der Waals surface area (Å²) >= 11 is 0. The van der Waals surface area contributed by atoms with Crippen LogP contribution in [0.2, 0.25) is 0 Å². The molecule has 1 amide bonds. The molecule has 4 N–H and O–H groups in total. The Morgan fingerprint density at radius 1 is 1.33 bits per heavy atom. The predicted octanol–water partition coefficient (Wildman–Crippen LogP) is 3.13. The molecule has 0 radical (unpaired) electrons. The van der Waals surface area contributed by atoms with Crippen molar-refractivity contribution >= 4 is 17.3 Å². The first-order chi connectivity index (χ1) is 8.58. The van der Waals surface area contributed by atoms with Gasteiger partial charge in [-0.2, -0.15) is 0 Å². The van der Waals surface area contributed by atoms with Crippen LogP contribution in [0.5, 0.6) is 5.75 Å². The van der Waals surface area contributed by atoms with Crippen LogP contribution in [0.15, 0.2) is 18.2 Å². The SMILES string of the molecule is CCCC(CCC)C(=O)Nc1ccc(O)cc1N. The van der Waals surface area contributed by atoms with E-state index in [0.29, 0.717) is 11.4 Å². The van der Waals surface area contributed by atoms with Crippen molar-refractivity contribution in [3.8, 4) is 5.75 Å². The van der Waals surface area contributed by atoms with Crippen molar-refractivity contribution in [3.63, 3.8) is 0 Å². The van der Waals surface area contributed by atoms with Gasteiger partial charge in [-0.3, -0.25) is 4.79 Å². The van der Waals surface area contributed by atoms with Gasteiger partial charge in [0.25, 0.3) is 0 Å². The topological polar surface area (TPSA) is 75.3 Å². The number of rotatable bonds is 6. The lowest BCUT2D eigenvalue weighted by molar-refractivity contribution is -0.120. The lowest BCUT2D eigenvalue weighted by Crippen LogP contribution is -2.23. The van der Waals surface area contributed by atoms with Crippen LogP contribution in [0.3, 0.4) is 0 Å². The number of phenols is 1. The summed E-state index contributed by atoms with van der Waals surface area (Å²) in [5.74, 6) is 0.147. The molecule has 0 heterocycles. The molecule has 18 heavy (non-hydrogen) atoms. The maximum absolute atomic E-state index is 12.1. The van der Waals surface area contributed by atoms with Crippen molar-refractivity contribution in [3.05, 3.63) is 18.2 Å². The summed E-state index contributed by atoms with van der Waals surface area (Å²) in [6, 6.07) is 4.57. The largest absolute Gasteiger partial charge is 0.508 e. The zero-order valence-corrected chi connectivity index (χ0v) is 11.1. The van der Waals surface area contributed by atoms with E-state index in [1.807, 2.05) is 0 Å². The van der Waals surface area contributed by atoms with E-state index in [9.17, 15) is 9.90 Å². The summed E-state index contributed by atoms with van der Waals surface area (Å²) in [6.07, 6.45) is 3.75. The van der Waals surface area contributed by atoms with Gasteiger partial charge < -0.3 is 16.2 Å². The fraction of sp³-hybridized carbons (Fsp3) is 0.500. The summed E-state index contributed by atoms with van der Waals surface area (Å²) in [7, 11) is 0. The van der Waals surface area contributed by atoms with E-state index >= 15 is 0 Å². The predicted molar refractivity (Wildman–Crippen MR) is 74.5 cm³/mol. The van der Waals surface area contributed by atoms with Crippen molar-refractivity contribution in [1.29, 1.82) is 0 Å². The Bertz CT molecular complexity index is 399. The van der Waals surface area contributed by atoms with Crippen LogP contribution in [-0.4, -0.2) is 11.0 Å². The lowest BCUT2D eigenvalue weighted by atomic mass is 9.97. The number of nitrogens with two attached hydrogens (primary N) is 1. The molecule has 1 aromatic rings. The molecule has 0 aliphatic rings. The third-order valence-electron chi connectivity index (χ3n) is 2.94. The van der Waals surface area contributed by atoms with Crippen molar-refractivity contribution in [2.24, 2.45) is 5.92 Å². The first-order valence-electron chi connectivity index (χ1n) is 6.47. The molecule has 0 atom stereocenters. The highest BCUT2D eigenvalue weighted by molar-refractivity contribution is 5.95. The molecule has 100 valence electrons. The minimum absolute atomic E-state index is 0.0103. The highest BCUT2D eigenvalue weighted by Crippen LogP contribution is 2.25. The Morgan fingerprint density at radius 2 is 1.94 bits per heavy atom. The monoisotopic (exact) mass is 250 g/mol. The van der Waals surface area contributed by atoms with Crippen molar-refractivity contribution in [1.82, 2.24) is 0 Å². The first kappa shape index (κ1) is 14.4. The van der Waals surface area contributed by atoms with Gasteiger partial charge in [0, 0.05) is 12.0 Å². The second kappa shape index (κ2) is 6.89. The Labute approximate surface area is 108 Å². The van der Waals surface area contributed by atoms with Crippen LogP contribution in [0.1, 0.15) is 39.5 Å². The molecule has 0 aliphatic carbocycles. The van der Waals surface area contributed by atoms with Gasteiger partial charge in [0.2, 0.25) is 5.91 Å². The summed E-state index contributed by atoms with van der Waals surface area (Å²) in [4.78, 5) is 12.1. The number of carbonyl (C=O) groups is 1. The van der Waals surface area contributed by atoms with Crippen LogP contribution in [0.25, 0.3) is 0 Å². The third kappa shape index (κ3) is 3.95. The number of nitrogens with one attached hydrogen (secondary N) is 1. The molecule has 0 saturated carbocycles. The quantitative estimate of drug-likeness (QED) is 0.536. The van der Waals surface area contributed by atoms with E-state index in [4.69, 9.17) is 5.73 Å².